The van der Waals surface area contributed by atoms with Crippen LogP contribution in [0.1, 0.15) is 50.7 Å². The van der Waals surface area contributed by atoms with Gasteiger partial charge in [-0.05, 0) is 24.8 Å². The summed E-state index contributed by atoms with van der Waals surface area (Å²) >= 11 is 0. The molecule has 112 valence electrons. The van der Waals surface area contributed by atoms with Crippen LogP contribution in [-0.4, -0.2) is 17.8 Å². The van der Waals surface area contributed by atoms with Gasteiger partial charge in [0.15, 0.2) is 11.6 Å². The molecule has 0 spiro atoms. The van der Waals surface area contributed by atoms with E-state index in [1.165, 1.54) is 18.6 Å². The van der Waals surface area contributed by atoms with Crippen LogP contribution in [0.15, 0.2) is 18.2 Å². The lowest BCUT2D eigenvalue weighted by Gasteiger charge is -2.31. The van der Waals surface area contributed by atoms with Crippen LogP contribution in [0.5, 0.6) is 0 Å². The zero-order valence-corrected chi connectivity index (χ0v) is 11.8. The van der Waals surface area contributed by atoms with Crippen molar-refractivity contribution < 1.29 is 18.6 Å². The van der Waals surface area contributed by atoms with Crippen molar-refractivity contribution in [3.63, 3.8) is 0 Å². The molecular weight excluding hydrogens is 262 g/mol. The molecule has 1 fully saturated rings. The summed E-state index contributed by atoms with van der Waals surface area (Å²) in [4.78, 5) is 0. The predicted molar refractivity (Wildman–Crippen MR) is 73.3 cm³/mol. The summed E-state index contributed by atoms with van der Waals surface area (Å²) < 4.78 is 32.5. The van der Waals surface area contributed by atoms with E-state index in [-0.39, 0.29) is 18.3 Å². The van der Waals surface area contributed by atoms with Crippen LogP contribution in [0.3, 0.4) is 0 Å². The van der Waals surface area contributed by atoms with Gasteiger partial charge >= 0.3 is 0 Å². The van der Waals surface area contributed by atoms with Gasteiger partial charge in [-0.15, -0.1) is 0 Å². The summed E-state index contributed by atoms with van der Waals surface area (Å²) in [5.41, 5.74) is -0.0335. The fourth-order valence-electron chi connectivity index (χ4n) is 2.94. The Morgan fingerprint density at radius 2 is 2.05 bits per heavy atom. The lowest BCUT2D eigenvalue weighted by Crippen LogP contribution is -2.29. The number of hydrogen-bond acceptors (Lipinski definition) is 2. The highest BCUT2D eigenvalue weighted by Crippen LogP contribution is 2.30. The normalized spacial score (nSPS) is 24.6. The first-order valence-corrected chi connectivity index (χ1v) is 7.37. The number of hydrogen-bond donors (Lipinski definition) is 1. The first-order valence-electron chi connectivity index (χ1n) is 7.37. The van der Waals surface area contributed by atoms with Crippen molar-refractivity contribution in [1.82, 2.24) is 0 Å². The SMILES string of the molecule is CCC1CCCCC1OCC(O)c1cccc(F)c1F. The summed E-state index contributed by atoms with van der Waals surface area (Å²) in [6.07, 6.45) is 4.54. The molecule has 1 aromatic carbocycles. The van der Waals surface area contributed by atoms with Gasteiger partial charge in [0, 0.05) is 5.56 Å². The summed E-state index contributed by atoms with van der Waals surface area (Å²) in [7, 11) is 0. The maximum absolute atomic E-state index is 13.6. The Labute approximate surface area is 118 Å². The van der Waals surface area contributed by atoms with E-state index in [1.54, 1.807) is 0 Å². The van der Waals surface area contributed by atoms with Crippen molar-refractivity contribution in [1.29, 1.82) is 0 Å². The Hall–Kier alpha value is -1.00. The molecule has 0 heterocycles. The third kappa shape index (κ3) is 3.55. The molecule has 0 aliphatic heterocycles. The van der Waals surface area contributed by atoms with Crippen LogP contribution in [-0.2, 0) is 4.74 Å². The minimum atomic E-state index is -1.12. The Kier molecular flexibility index (Phi) is 5.49. The van der Waals surface area contributed by atoms with Gasteiger partial charge in [-0.25, -0.2) is 8.78 Å². The lowest BCUT2D eigenvalue weighted by molar-refractivity contribution is -0.0523. The molecule has 3 unspecified atom stereocenters. The van der Waals surface area contributed by atoms with E-state index < -0.39 is 17.7 Å². The molecule has 0 amide bonds. The Balaban J connectivity index is 1.94. The summed E-state index contributed by atoms with van der Waals surface area (Å²) in [6.45, 7) is 2.15. The van der Waals surface area contributed by atoms with E-state index in [4.69, 9.17) is 4.74 Å². The fraction of sp³-hybridized carbons (Fsp3) is 0.625. The molecule has 1 aromatic rings. The zero-order valence-electron chi connectivity index (χ0n) is 11.8. The highest BCUT2D eigenvalue weighted by Gasteiger charge is 2.25. The van der Waals surface area contributed by atoms with Gasteiger partial charge in [0.2, 0.25) is 0 Å². The molecule has 1 N–H and O–H groups in total. The highest BCUT2D eigenvalue weighted by molar-refractivity contribution is 5.21. The van der Waals surface area contributed by atoms with Gasteiger partial charge in [0.25, 0.3) is 0 Å². The fourth-order valence-corrected chi connectivity index (χ4v) is 2.94. The van der Waals surface area contributed by atoms with Crippen molar-refractivity contribution in [3.05, 3.63) is 35.4 Å². The maximum atomic E-state index is 13.6. The molecule has 1 saturated carbocycles. The van der Waals surface area contributed by atoms with Gasteiger partial charge < -0.3 is 9.84 Å². The molecular formula is C16H22F2O2. The largest absolute Gasteiger partial charge is 0.386 e. The van der Waals surface area contributed by atoms with E-state index >= 15 is 0 Å². The second-order valence-corrected chi connectivity index (χ2v) is 5.48. The van der Waals surface area contributed by atoms with Gasteiger partial charge in [0.1, 0.15) is 6.10 Å². The smallest absolute Gasteiger partial charge is 0.164 e. The molecule has 2 rings (SSSR count). The molecule has 0 aromatic heterocycles. The number of benzene rings is 1. The van der Waals surface area contributed by atoms with E-state index in [0.717, 1.165) is 31.7 Å². The van der Waals surface area contributed by atoms with Crippen LogP contribution in [0.4, 0.5) is 8.78 Å². The second kappa shape index (κ2) is 7.14. The second-order valence-electron chi connectivity index (χ2n) is 5.48. The number of rotatable bonds is 5. The standard InChI is InChI=1S/C16H22F2O2/c1-2-11-6-3-4-9-15(11)20-10-14(19)12-7-5-8-13(17)16(12)18/h5,7-8,11,14-15,19H,2-4,6,9-10H2,1H3. The Bertz CT molecular complexity index is 436. The Morgan fingerprint density at radius 1 is 1.30 bits per heavy atom. The molecule has 20 heavy (non-hydrogen) atoms. The molecule has 1 aliphatic carbocycles. The first kappa shape index (κ1) is 15.4. The van der Waals surface area contributed by atoms with Crippen molar-refractivity contribution in [2.75, 3.05) is 6.61 Å². The molecule has 2 nitrogen and oxygen atoms in total. The van der Waals surface area contributed by atoms with Crippen molar-refractivity contribution in [2.24, 2.45) is 5.92 Å². The third-order valence-electron chi connectivity index (χ3n) is 4.17. The molecule has 4 heteroatoms. The zero-order chi connectivity index (χ0) is 14.5. The highest BCUT2D eigenvalue weighted by atomic mass is 19.2. The van der Waals surface area contributed by atoms with Crippen LogP contribution in [0.25, 0.3) is 0 Å². The molecule has 3 atom stereocenters. The van der Waals surface area contributed by atoms with Crippen molar-refractivity contribution in [3.8, 4) is 0 Å². The first-order chi connectivity index (χ1) is 9.63. The third-order valence-corrected chi connectivity index (χ3v) is 4.17. The Morgan fingerprint density at radius 3 is 2.80 bits per heavy atom. The van der Waals surface area contributed by atoms with Gasteiger partial charge in [-0.1, -0.05) is 38.3 Å². The summed E-state index contributed by atoms with van der Waals surface area (Å²) in [5, 5.41) is 9.98. The lowest BCUT2D eigenvalue weighted by atomic mass is 9.85. The summed E-state index contributed by atoms with van der Waals surface area (Å²) in [6, 6.07) is 3.83. The van der Waals surface area contributed by atoms with Gasteiger partial charge in [-0.3, -0.25) is 0 Å². The summed E-state index contributed by atoms with van der Waals surface area (Å²) in [5.74, 6) is -1.42. The topological polar surface area (TPSA) is 29.5 Å². The average Bonchev–Trinajstić information content (AvgIpc) is 2.48. The van der Waals surface area contributed by atoms with Crippen molar-refractivity contribution in [2.45, 2.75) is 51.2 Å². The quantitative estimate of drug-likeness (QED) is 0.886. The van der Waals surface area contributed by atoms with Crippen molar-refractivity contribution >= 4 is 0 Å². The molecule has 0 bridgehead atoms. The maximum Gasteiger partial charge on any atom is 0.164 e. The molecule has 0 saturated heterocycles. The van der Waals surface area contributed by atoms with Crippen LogP contribution >= 0.6 is 0 Å². The minimum absolute atomic E-state index is 0.0154. The van der Waals surface area contributed by atoms with E-state index in [2.05, 4.69) is 6.92 Å². The monoisotopic (exact) mass is 284 g/mol. The van der Waals surface area contributed by atoms with Gasteiger partial charge in [0.05, 0.1) is 12.7 Å². The number of ether oxygens (including phenoxy) is 1. The molecule has 1 aliphatic rings. The van der Waals surface area contributed by atoms with Crippen LogP contribution in [0, 0.1) is 17.6 Å². The number of aliphatic hydroxyl groups is 1. The van der Waals surface area contributed by atoms with E-state index in [0.29, 0.717) is 5.92 Å². The van der Waals surface area contributed by atoms with Crippen LogP contribution < -0.4 is 0 Å². The predicted octanol–water partition coefficient (Wildman–Crippen LogP) is 3.98. The molecule has 0 radical (unpaired) electrons. The average molecular weight is 284 g/mol. The number of aliphatic hydroxyl groups excluding tert-OH is 1. The van der Waals surface area contributed by atoms with E-state index in [9.17, 15) is 13.9 Å². The van der Waals surface area contributed by atoms with E-state index in [1.807, 2.05) is 0 Å². The van der Waals surface area contributed by atoms with Crippen LogP contribution in [0.2, 0.25) is 0 Å². The van der Waals surface area contributed by atoms with Gasteiger partial charge in [-0.2, -0.15) is 0 Å². The minimum Gasteiger partial charge on any atom is -0.386 e. The number of halogens is 2.